The zero-order valence-corrected chi connectivity index (χ0v) is 11.9. The van der Waals surface area contributed by atoms with E-state index in [1.807, 2.05) is 36.6 Å². The molecule has 0 spiro atoms. The molecule has 3 aromatic rings. The first kappa shape index (κ1) is 12.7. The Balaban J connectivity index is 1.98. The van der Waals surface area contributed by atoms with Crippen LogP contribution in [0, 0.1) is 6.92 Å². The van der Waals surface area contributed by atoms with E-state index in [1.165, 1.54) is 11.3 Å². The average Bonchev–Trinajstić information content (AvgIpc) is 3.07. The third kappa shape index (κ3) is 2.14. The molecule has 0 radical (unpaired) electrons. The largest absolute Gasteiger partial charge is 0.496 e. The number of rotatable bonds is 3. The number of hydrogen-bond acceptors (Lipinski definition) is 6. The minimum Gasteiger partial charge on any atom is -0.496 e. The van der Waals surface area contributed by atoms with Crippen LogP contribution in [0.4, 0.5) is 5.69 Å². The quantitative estimate of drug-likeness (QED) is 0.799. The summed E-state index contributed by atoms with van der Waals surface area (Å²) in [5.41, 5.74) is 8.40. The summed E-state index contributed by atoms with van der Waals surface area (Å²) in [6.45, 7) is 1.97. The SMILES string of the molecule is COc1ccc(-c2noc(-c3sccc3N)n2)cc1C. The van der Waals surface area contributed by atoms with Gasteiger partial charge in [0.1, 0.15) is 10.6 Å². The molecule has 2 heterocycles. The fourth-order valence-corrected chi connectivity index (χ4v) is 2.68. The number of nitrogen functional groups attached to an aromatic ring is 1. The second-order valence-corrected chi connectivity index (χ2v) is 5.23. The van der Waals surface area contributed by atoms with Gasteiger partial charge in [-0.15, -0.1) is 11.3 Å². The van der Waals surface area contributed by atoms with Gasteiger partial charge in [0.15, 0.2) is 0 Å². The van der Waals surface area contributed by atoms with Crippen molar-refractivity contribution >= 4 is 17.0 Å². The summed E-state index contributed by atoms with van der Waals surface area (Å²) in [5.74, 6) is 1.82. The van der Waals surface area contributed by atoms with Crippen LogP contribution in [0.25, 0.3) is 22.2 Å². The van der Waals surface area contributed by atoms with Gasteiger partial charge in [0.2, 0.25) is 5.82 Å². The number of nitrogens with two attached hydrogens (primary N) is 1. The van der Waals surface area contributed by atoms with Crippen LogP contribution in [0.15, 0.2) is 34.2 Å². The molecule has 0 amide bonds. The number of methoxy groups -OCH3 is 1. The van der Waals surface area contributed by atoms with Gasteiger partial charge in [0.25, 0.3) is 5.89 Å². The number of ether oxygens (including phenoxy) is 1. The molecule has 0 aliphatic carbocycles. The monoisotopic (exact) mass is 287 g/mol. The molecule has 5 nitrogen and oxygen atoms in total. The van der Waals surface area contributed by atoms with E-state index in [0.29, 0.717) is 17.4 Å². The van der Waals surface area contributed by atoms with Gasteiger partial charge < -0.3 is 15.0 Å². The summed E-state index contributed by atoms with van der Waals surface area (Å²) in [5, 5.41) is 5.90. The molecule has 2 aromatic heterocycles. The molecular formula is C14H13N3O2S. The predicted molar refractivity (Wildman–Crippen MR) is 78.7 cm³/mol. The second kappa shape index (κ2) is 4.97. The first-order valence-electron chi connectivity index (χ1n) is 6.01. The fourth-order valence-electron chi connectivity index (χ4n) is 1.94. The van der Waals surface area contributed by atoms with E-state index < -0.39 is 0 Å². The summed E-state index contributed by atoms with van der Waals surface area (Å²) in [6, 6.07) is 7.57. The molecule has 102 valence electrons. The topological polar surface area (TPSA) is 74.2 Å². The Kier molecular flexibility index (Phi) is 3.15. The Morgan fingerprint density at radius 1 is 1.30 bits per heavy atom. The first-order chi connectivity index (χ1) is 9.69. The molecule has 0 atom stereocenters. The molecule has 0 aliphatic heterocycles. The van der Waals surface area contributed by atoms with E-state index in [1.54, 1.807) is 7.11 Å². The third-order valence-electron chi connectivity index (χ3n) is 2.97. The van der Waals surface area contributed by atoms with Gasteiger partial charge in [-0.25, -0.2) is 0 Å². The maximum Gasteiger partial charge on any atom is 0.270 e. The molecule has 0 saturated heterocycles. The van der Waals surface area contributed by atoms with Crippen molar-refractivity contribution in [2.45, 2.75) is 6.92 Å². The summed E-state index contributed by atoms with van der Waals surface area (Å²) in [6.07, 6.45) is 0. The van der Waals surface area contributed by atoms with Crippen molar-refractivity contribution in [3.05, 3.63) is 35.2 Å². The number of aromatic nitrogens is 2. The van der Waals surface area contributed by atoms with Crippen LogP contribution >= 0.6 is 11.3 Å². The minimum atomic E-state index is 0.445. The molecule has 6 heteroatoms. The molecule has 0 saturated carbocycles. The van der Waals surface area contributed by atoms with Gasteiger partial charge in [-0.05, 0) is 42.1 Å². The molecule has 0 fully saturated rings. The summed E-state index contributed by atoms with van der Waals surface area (Å²) in [4.78, 5) is 5.19. The molecule has 2 N–H and O–H groups in total. The third-order valence-corrected chi connectivity index (χ3v) is 3.89. The minimum absolute atomic E-state index is 0.445. The van der Waals surface area contributed by atoms with Gasteiger partial charge in [-0.3, -0.25) is 0 Å². The summed E-state index contributed by atoms with van der Waals surface area (Å²) < 4.78 is 10.5. The zero-order valence-electron chi connectivity index (χ0n) is 11.1. The van der Waals surface area contributed by atoms with E-state index >= 15 is 0 Å². The zero-order chi connectivity index (χ0) is 14.1. The van der Waals surface area contributed by atoms with Gasteiger partial charge in [0, 0.05) is 5.56 Å². The first-order valence-corrected chi connectivity index (χ1v) is 6.89. The maximum atomic E-state index is 5.85. The van der Waals surface area contributed by atoms with Crippen molar-refractivity contribution in [3.8, 4) is 27.9 Å². The number of thiophene rings is 1. The molecule has 1 aromatic carbocycles. The molecule has 0 unspecified atom stereocenters. The van der Waals surface area contributed by atoms with E-state index in [9.17, 15) is 0 Å². The maximum absolute atomic E-state index is 5.85. The van der Waals surface area contributed by atoms with Gasteiger partial charge in [0.05, 0.1) is 12.8 Å². The lowest BCUT2D eigenvalue weighted by Gasteiger charge is -2.04. The van der Waals surface area contributed by atoms with Gasteiger partial charge in [-0.1, -0.05) is 5.16 Å². The van der Waals surface area contributed by atoms with Crippen molar-refractivity contribution in [2.75, 3.05) is 12.8 Å². The lowest BCUT2D eigenvalue weighted by atomic mass is 10.1. The predicted octanol–water partition coefficient (Wildman–Crippen LogP) is 3.36. The van der Waals surface area contributed by atoms with Gasteiger partial charge >= 0.3 is 0 Å². The van der Waals surface area contributed by atoms with Crippen LogP contribution in [0.2, 0.25) is 0 Å². The smallest absolute Gasteiger partial charge is 0.270 e. The van der Waals surface area contributed by atoms with Crippen molar-refractivity contribution in [1.82, 2.24) is 10.1 Å². The van der Waals surface area contributed by atoms with E-state index in [4.69, 9.17) is 15.0 Å². The van der Waals surface area contributed by atoms with E-state index in [2.05, 4.69) is 10.1 Å². The lowest BCUT2D eigenvalue weighted by molar-refractivity contribution is 0.411. The van der Waals surface area contributed by atoms with Crippen LogP contribution in [-0.2, 0) is 0 Å². The van der Waals surface area contributed by atoms with Crippen LogP contribution < -0.4 is 10.5 Å². The number of benzene rings is 1. The summed E-state index contributed by atoms with van der Waals surface area (Å²) >= 11 is 1.48. The highest BCUT2D eigenvalue weighted by Crippen LogP contribution is 2.32. The Hall–Kier alpha value is -2.34. The Labute approximate surface area is 120 Å². The molecule has 3 rings (SSSR count). The highest BCUT2D eigenvalue weighted by molar-refractivity contribution is 7.14. The Morgan fingerprint density at radius 3 is 2.80 bits per heavy atom. The fraction of sp³-hybridized carbons (Fsp3) is 0.143. The average molecular weight is 287 g/mol. The van der Waals surface area contributed by atoms with Gasteiger partial charge in [-0.2, -0.15) is 4.98 Å². The van der Waals surface area contributed by atoms with Crippen molar-refractivity contribution in [1.29, 1.82) is 0 Å². The number of anilines is 1. The van der Waals surface area contributed by atoms with Crippen molar-refractivity contribution in [2.24, 2.45) is 0 Å². The van der Waals surface area contributed by atoms with Crippen molar-refractivity contribution < 1.29 is 9.26 Å². The van der Waals surface area contributed by atoms with Crippen LogP contribution in [0.5, 0.6) is 5.75 Å². The van der Waals surface area contributed by atoms with E-state index in [0.717, 1.165) is 21.8 Å². The molecule has 0 aliphatic rings. The second-order valence-electron chi connectivity index (χ2n) is 4.31. The van der Waals surface area contributed by atoms with Crippen LogP contribution in [-0.4, -0.2) is 17.3 Å². The van der Waals surface area contributed by atoms with Crippen molar-refractivity contribution in [3.63, 3.8) is 0 Å². The van der Waals surface area contributed by atoms with Crippen LogP contribution in [0.3, 0.4) is 0 Å². The number of hydrogen-bond donors (Lipinski definition) is 1. The number of nitrogens with zero attached hydrogens (tertiary/aromatic N) is 2. The standard InChI is InChI=1S/C14H13N3O2S/c1-8-7-9(3-4-11(8)18-2)13-16-14(19-17-13)12-10(15)5-6-20-12/h3-7H,15H2,1-2H3. The highest BCUT2D eigenvalue weighted by Gasteiger charge is 2.14. The molecule has 20 heavy (non-hydrogen) atoms. The molecular weight excluding hydrogens is 274 g/mol. The van der Waals surface area contributed by atoms with E-state index in [-0.39, 0.29) is 0 Å². The number of aryl methyl sites for hydroxylation is 1. The lowest BCUT2D eigenvalue weighted by Crippen LogP contribution is -1.88. The Bertz CT molecular complexity index is 748. The van der Waals surface area contributed by atoms with Crippen LogP contribution in [0.1, 0.15) is 5.56 Å². The normalized spacial score (nSPS) is 10.7. The summed E-state index contributed by atoms with van der Waals surface area (Å²) in [7, 11) is 1.65. The highest BCUT2D eigenvalue weighted by atomic mass is 32.1. The Morgan fingerprint density at radius 2 is 2.15 bits per heavy atom. The molecule has 0 bridgehead atoms.